The zero-order chi connectivity index (χ0) is 10.9. The van der Waals surface area contributed by atoms with E-state index in [2.05, 4.69) is 0 Å². The average molecular weight is 222 g/mol. The van der Waals surface area contributed by atoms with Crippen LogP contribution in [0.1, 0.15) is 11.1 Å². The van der Waals surface area contributed by atoms with Crippen molar-refractivity contribution < 1.29 is 18.3 Å². The summed E-state index contributed by atoms with van der Waals surface area (Å²) in [5.41, 5.74) is -3.33. The van der Waals surface area contributed by atoms with Gasteiger partial charge in [0.2, 0.25) is 0 Å². The number of rotatable bonds is 1. The minimum absolute atomic E-state index is 0.0222. The van der Waals surface area contributed by atoms with Gasteiger partial charge in [-0.25, -0.2) is 0 Å². The van der Waals surface area contributed by atoms with Gasteiger partial charge in [0.05, 0.1) is 0 Å². The van der Waals surface area contributed by atoms with Gasteiger partial charge in [-0.1, -0.05) is 0 Å². The number of phenolic OH excluding ortho intramolecular Hbond substituents is 1. The Morgan fingerprint density at radius 2 is 1.71 bits per heavy atom. The van der Waals surface area contributed by atoms with Crippen LogP contribution in [0.25, 0.3) is 0 Å². The second-order valence-corrected chi connectivity index (χ2v) is 3.99. The molecule has 14 heavy (non-hydrogen) atoms. The zero-order valence-corrected chi connectivity index (χ0v) is 8.46. The van der Waals surface area contributed by atoms with E-state index < -0.39 is 5.51 Å². The molecule has 5 heteroatoms. The molecule has 1 aromatic rings. The molecular formula is C9H9F3OS. The van der Waals surface area contributed by atoms with Crippen molar-refractivity contribution in [1.82, 2.24) is 0 Å². The van der Waals surface area contributed by atoms with E-state index in [1.165, 1.54) is 12.1 Å². The molecule has 0 fully saturated rings. The van der Waals surface area contributed by atoms with E-state index in [1.54, 1.807) is 13.8 Å². The maximum absolute atomic E-state index is 12.1. The number of aromatic hydroxyl groups is 1. The molecule has 0 bridgehead atoms. The molecule has 0 heterocycles. The Morgan fingerprint density at radius 3 is 2.21 bits per heavy atom. The van der Waals surface area contributed by atoms with Gasteiger partial charge in [-0.3, -0.25) is 0 Å². The van der Waals surface area contributed by atoms with Crippen LogP contribution < -0.4 is 0 Å². The Hall–Kier alpha value is -0.840. The van der Waals surface area contributed by atoms with Gasteiger partial charge in [0.15, 0.2) is 0 Å². The summed E-state index contributed by atoms with van der Waals surface area (Å²) < 4.78 is 36.2. The fourth-order valence-electron chi connectivity index (χ4n) is 1.02. The second kappa shape index (κ2) is 3.73. The smallest absolute Gasteiger partial charge is 0.446 e. The van der Waals surface area contributed by atoms with Crippen LogP contribution in [-0.4, -0.2) is 10.6 Å². The molecule has 0 saturated heterocycles. The van der Waals surface area contributed by atoms with Crippen LogP contribution in [0.3, 0.4) is 0 Å². The summed E-state index contributed by atoms with van der Waals surface area (Å²) in [7, 11) is 0. The third-order valence-electron chi connectivity index (χ3n) is 1.93. The number of benzene rings is 1. The number of phenols is 1. The molecule has 0 unspecified atom stereocenters. The SMILES string of the molecule is Cc1c(O)ccc(SC(F)(F)F)c1C. The summed E-state index contributed by atoms with van der Waals surface area (Å²) in [6.45, 7) is 3.15. The van der Waals surface area contributed by atoms with Crippen LogP contribution >= 0.6 is 11.8 Å². The number of hydrogen-bond acceptors (Lipinski definition) is 2. The highest BCUT2D eigenvalue weighted by Gasteiger charge is 2.30. The number of alkyl halides is 3. The Bertz CT molecular complexity index is 347. The predicted molar refractivity (Wildman–Crippen MR) is 49.5 cm³/mol. The third-order valence-corrected chi connectivity index (χ3v) is 2.83. The maximum atomic E-state index is 12.1. The first-order valence-corrected chi connectivity index (χ1v) is 4.68. The minimum Gasteiger partial charge on any atom is -0.508 e. The third kappa shape index (κ3) is 2.57. The summed E-state index contributed by atoms with van der Waals surface area (Å²) >= 11 is -0.161. The topological polar surface area (TPSA) is 20.2 Å². The van der Waals surface area contributed by atoms with E-state index in [0.29, 0.717) is 11.1 Å². The average Bonchev–Trinajstić information content (AvgIpc) is 2.04. The summed E-state index contributed by atoms with van der Waals surface area (Å²) in [6.07, 6.45) is 0. The van der Waals surface area contributed by atoms with Gasteiger partial charge >= 0.3 is 5.51 Å². The number of hydrogen-bond donors (Lipinski definition) is 1. The van der Waals surface area contributed by atoms with Crippen molar-refractivity contribution in [3.05, 3.63) is 23.3 Å². The highest BCUT2D eigenvalue weighted by atomic mass is 32.2. The van der Waals surface area contributed by atoms with Crippen LogP contribution in [-0.2, 0) is 0 Å². The molecule has 1 N–H and O–H groups in total. The van der Waals surface area contributed by atoms with Crippen molar-refractivity contribution in [2.24, 2.45) is 0 Å². The standard InChI is InChI=1S/C9H9F3OS/c1-5-6(2)8(4-3-7(5)13)14-9(10,11)12/h3-4,13H,1-2H3. The molecule has 1 nitrogen and oxygen atoms in total. The van der Waals surface area contributed by atoms with E-state index in [4.69, 9.17) is 0 Å². The highest BCUT2D eigenvalue weighted by Crippen LogP contribution is 2.40. The second-order valence-electron chi connectivity index (χ2n) is 2.88. The van der Waals surface area contributed by atoms with Crippen LogP contribution in [0.5, 0.6) is 5.75 Å². The minimum atomic E-state index is -4.28. The van der Waals surface area contributed by atoms with E-state index in [1.807, 2.05) is 0 Å². The molecule has 1 aromatic carbocycles. The first-order chi connectivity index (χ1) is 6.31. The summed E-state index contributed by atoms with van der Waals surface area (Å²) in [6, 6.07) is 2.55. The number of thioether (sulfide) groups is 1. The van der Waals surface area contributed by atoms with Gasteiger partial charge in [-0.05, 0) is 48.9 Å². The Balaban J connectivity index is 3.06. The monoisotopic (exact) mass is 222 g/mol. The van der Waals surface area contributed by atoms with Crippen molar-refractivity contribution >= 4 is 11.8 Å². The Labute approximate surface area is 83.9 Å². The molecule has 0 aliphatic rings. The van der Waals surface area contributed by atoms with Gasteiger partial charge in [0.25, 0.3) is 0 Å². The normalized spacial score (nSPS) is 11.8. The zero-order valence-electron chi connectivity index (χ0n) is 7.64. The number of halogens is 3. The van der Waals surface area contributed by atoms with E-state index >= 15 is 0 Å². The van der Waals surface area contributed by atoms with Crippen LogP contribution in [0, 0.1) is 13.8 Å². The van der Waals surface area contributed by atoms with Gasteiger partial charge in [-0.15, -0.1) is 0 Å². The fraction of sp³-hybridized carbons (Fsp3) is 0.333. The quantitative estimate of drug-likeness (QED) is 0.732. The molecule has 0 aliphatic carbocycles. The van der Waals surface area contributed by atoms with Crippen molar-refractivity contribution in [2.75, 3.05) is 0 Å². The molecule has 0 radical (unpaired) electrons. The molecule has 0 atom stereocenters. The van der Waals surface area contributed by atoms with E-state index in [-0.39, 0.29) is 22.4 Å². The maximum Gasteiger partial charge on any atom is 0.446 e. The largest absolute Gasteiger partial charge is 0.508 e. The predicted octanol–water partition coefficient (Wildman–Crippen LogP) is 3.62. The molecule has 0 spiro atoms. The lowest BCUT2D eigenvalue weighted by atomic mass is 10.1. The fourth-order valence-corrected chi connectivity index (χ4v) is 1.71. The molecule has 0 amide bonds. The lowest BCUT2D eigenvalue weighted by Gasteiger charge is -2.11. The molecule has 78 valence electrons. The Morgan fingerprint density at radius 1 is 1.14 bits per heavy atom. The van der Waals surface area contributed by atoms with Crippen molar-refractivity contribution in [3.8, 4) is 5.75 Å². The van der Waals surface area contributed by atoms with Gasteiger partial charge in [0.1, 0.15) is 5.75 Å². The lowest BCUT2D eigenvalue weighted by molar-refractivity contribution is -0.0328. The lowest BCUT2D eigenvalue weighted by Crippen LogP contribution is -2.00. The van der Waals surface area contributed by atoms with Crippen LogP contribution in [0.4, 0.5) is 13.2 Å². The summed E-state index contributed by atoms with van der Waals surface area (Å²) in [5, 5.41) is 9.23. The first-order valence-electron chi connectivity index (χ1n) is 3.86. The van der Waals surface area contributed by atoms with Gasteiger partial charge < -0.3 is 5.11 Å². The molecule has 0 saturated carbocycles. The summed E-state index contributed by atoms with van der Waals surface area (Å²) in [4.78, 5) is 0.132. The van der Waals surface area contributed by atoms with Crippen molar-refractivity contribution in [3.63, 3.8) is 0 Å². The summed E-state index contributed by atoms with van der Waals surface area (Å²) in [5.74, 6) is 0.0222. The highest BCUT2D eigenvalue weighted by molar-refractivity contribution is 8.00. The van der Waals surface area contributed by atoms with Crippen molar-refractivity contribution in [1.29, 1.82) is 0 Å². The van der Waals surface area contributed by atoms with Gasteiger partial charge in [-0.2, -0.15) is 13.2 Å². The van der Waals surface area contributed by atoms with Crippen LogP contribution in [0.15, 0.2) is 17.0 Å². The van der Waals surface area contributed by atoms with Gasteiger partial charge in [0, 0.05) is 4.90 Å². The molecule has 0 aliphatic heterocycles. The van der Waals surface area contributed by atoms with E-state index in [9.17, 15) is 18.3 Å². The molecular weight excluding hydrogens is 213 g/mol. The van der Waals surface area contributed by atoms with E-state index in [0.717, 1.165) is 0 Å². The van der Waals surface area contributed by atoms with Crippen molar-refractivity contribution in [2.45, 2.75) is 24.3 Å². The first kappa shape index (κ1) is 11.2. The molecule has 1 rings (SSSR count). The molecule has 0 aromatic heterocycles. The Kier molecular flexibility index (Phi) is 2.99. The van der Waals surface area contributed by atoms with Crippen LogP contribution in [0.2, 0.25) is 0 Å².